The first-order chi connectivity index (χ1) is 16.9. The Kier molecular flexibility index (Phi) is 5.88. The Morgan fingerprint density at radius 3 is 2.60 bits per heavy atom. The van der Waals surface area contributed by atoms with Gasteiger partial charge in [0.05, 0.1) is 27.4 Å². The quantitative estimate of drug-likeness (QED) is 0.246. The van der Waals surface area contributed by atoms with E-state index in [1.54, 1.807) is 36.4 Å². The number of carbonyl (C=O) groups is 1. The molecule has 1 amide bonds. The highest BCUT2D eigenvalue weighted by molar-refractivity contribution is 7.22. The maximum atomic E-state index is 13.6. The smallest absolute Gasteiger partial charge is 0.280 e. The number of fused-ring (bicyclic) bond motifs is 2. The minimum atomic E-state index is -0.354. The van der Waals surface area contributed by atoms with Crippen LogP contribution in [0, 0.1) is 6.92 Å². The highest BCUT2D eigenvalue weighted by Crippen LogP contribution is 2.31. The molecule has 7 nitrogen and oxygen atoms in total. The lowest BCUT2D eigenvalue weighted by molar-refractivity contribution is 0.0988. The number of anilines is 2. The Bertz CT molecular complexity index is 1630. The number of amides is 1. The van der Waals surface area contributed by atoms with Crippen LogP contribution in [-0.4, -0.2) is 31.2 Å². The van der Waals surface area contributed by atoms with Crippen molar-refractivity contribution in [3.8, 4) is 0 Å². The van der Waals surface area contributed by atoms with Gasteiger partial charge in [-0.15, -0.1) is 0 Å². The molecular weight excluding hydrogens is 460 g/mol. The van der Waals surface area contributed by atoms with Crippen LogP contribution < -0.4 is 15.3 Å². The van der Waals surface area contributed by atoms with Crippen molar-refractivity contribution in [3.05, 3.63) is 99.9 Å². The monoisotopic (exact) mass is 482 g/mol. The van der Waals surface area contributed by atoms with Crippen LogP contribution in [0.1, 0.15) is 21.5 Å². The summed E-state index contributed by atoms with van der Waals surface area (Å²) in [7, 11) is 3.87. The van der Waals surface area contributed by atoms with E-state index in [-0.39, 0.29) is 16.9 Å². The number of hydrogen-bond donors (Lipinski definition) is 0. The molecule has 0 N–H and O–H groups in total. The van der Waals surface area contributed by atoms with Gasteiger partial charge in [-0.05, 0) is 61.0 Å². The molecule has 0 aliphatic heterocycles. The van der Waals surface area contributed by atoms with Crippen LogP contribution in [0.25, 0.3) is 21.2 Å². The summed E-state index contributed by atoms with van der Waals surface area (Å²) in [5.41, 5.74) is 3.80. The highest BCUT2D eigenvalue weighted by atomic mass is 32.1. The van der Waals surface area contributed by atoms with Gasteiger partial charge in [0, 0.05) is 25.3 Å². The lowest BCUT2D eigenvalue weighted by atomic mass is 10.2. The average molecular weight is 483 g/mol. The summed E-state index contributed by atoms with van der Waals surface area (Å²) in [6.45, 7) is 2.01. The molecule has 8 heteroatoms. The number of para-hydroxylation sites is 1. The van der Waals surface area contributed by atoms with E-state index in [2.05, 4.69) is 10.1 Å². The molecule has 35 heavy (non-hydrogen) atoms. The van der Waals surface area contributed by atoms with E-state index in [1.807, 2.05) is 56.3 Å². The fourth-order valence-corrected chi connectivity index (χ4v) is 4.65. The molecule has 0 spiro atoms. The molecule has 0 atom stereocenters. The Morgan fingerprint density at radius 2 is 1.83 bits per heavy atom. The van der Waals surface area contributed by atoms with E-state index in [1.165, 1.54) is 28.8 Å². The molecule has 3 aromatic carbocycles. The van der Waals surface area contributed by atoms with Gasteiger partial charge in [-0.3, -0.25) is 9.59 Å². The molecule has 0 bridgehead atoms. The molecule has 0 aliphatic carbocycles. The number of nitrogens with zero attached hydrogens (tertiary/aromatic N) is 4. The Hall–Kier alpha value is -4.30. The second-order valence-corrected chi connectivity index (χ2v) is 9.30. The first-order valence-corrected chi connectivity index (χ1v) is 11.8. The van der Waals surface area contributed by atoms with Gasteiger partial charge in [0.1, 0.15) is 11.8 Å². The van der Waals surface area contributed by atoms with Gasteiger partial charge < -0.3 is 9.32 Å². The summed E-state index contributed by atoms with van der Waals surface area (Å²) >= 11 is 1.36. The molecule has 0 radical (unpaired) electrons. The summed E-state index contributed by atoms with van der Waals surface area (Å²) in [5.74, 6) is -0.354. The van der Waals surface area contributed by atoms with E-state index in [9.17, 15) is 9.59 Å². The third kappa shape index (κ3) is 4.43. The summed E-state index contributed by atoms with van der Waals surface area (Å²) in [6.07, 6.45) is 2.70. The summed E-state index contributed by atoms with van der Waals surface area (Å²) in [6, 6.07) is 20.2. The molecular formula is C27H22N4O3S. The number of aromatic nitrogens is 1. The number of thiazole rings is 1. The van der Waals surface area contributed by atoms with Gasteiger partial charge in [-0.2, -0.15) is 10.1 Å². The summed E-state index contributed by atoms with van der Waals surface area (Å²) in [4.78, 5) is 33.1. The van der Waals surface area contributed by atoms with Crippen LogP contribution >= 0.6 is 11.3 Å². The van der Waals surface area contributed by atoms with Crippen LogP contribution in [0.5, 0.6) is 0 Å². The van der Waals surface area contributed by atoms with Crippen LogP contribution in [0.2, 0.25) is 0 Å². The second-order valence-electron chi connectivity index (χ2n) is 8.29. The number of rotatable bonds is 5. The minimum Gasteiger partial charge on any atom is -0.463 e. The molecule has 2 aromatic heterocycles. The van der Waals surface area contributed by atoms with E-state index >= 15 is 0 Å². The fourth-order valence-electron chi connectivity index (χ4n) is 3.63. The standard InChI is InChI=1S/C27H22N4O3S/c1-17-8-13-22-24(14-17)35-27(29-22)31(26(33)18-9-11-20(12-10-18)30(2)3)28-15-19-16-34-23-7-5-4-6-21(23)25(19)32/h4-16H,1-3H3/b28-15+. The van der Waals surface area contributed by atoms with Gasteiger partial charge in [0.15, 0.2) is 0 Å². The maximum Gasteiger partial charge on any atom is 0.280 e. The number of aryl methyl sites for hydroxylation is 1. The first-order valence-electron chi connectivity index (χ1n) is 10.9. The SMILES string of the molecule is Cc1ccc2nc(N(/N=C/c3coc4ccccc4c3=O)C(=O)c3ccc(N(C)C)cc3)sc2c1. The first kappa shape index (κ1) is 22.5. The number of benzene rings is 3. The van der Waals surface area contributed by atoms with Crippen LogP contribution in [-0.2, 0) is 0 Å². The third-order valence-corrected chi connectivity index (χ3v) is 6.55. The van der Waals surface area contributed by atoms with E-state index < -0.39 is 0 Å². The van der Waals surface area contributed by atoms with Gasteiger partial charge in [0.2, 0.25) is 10.6 Å². The van der Waals surface area contributed by atoms with Crippen molar-refractivity contribution < 1.29 is 9.21 Å². The molecule has 5 rings (SSSR count). The molecule has 0 aliphatic rings. The Balaban J connectivity index is 1.58. The fraction of sp³-hybridized carbons (Fsp3) is 0.111. The van der Waals surface area contributed by atoms with Crippen LogP contribution in [0.3, 0.4) is 0 Å². The lowest BCUT2D eigenvalue weighted by Crippen LogP contribution is -2.26. The van der Waals surface area contributed by atoms with E-state index in [0.29, 0.717) is 21.7 Å². The summed E-state index contributed by atoms with van der Waals surface area (Å²) in [5, 5.41) is 6.51. The molecule has 5 aromatic rings. The Labute approximate surface area is 205 Å². The molecule has 2 heterocycles. The molecule has 0 saturated heterocycles. The number of carbonyl (C=O) groups excluding carboxylic acids is 1. The van der Waals surface area contributed by atoms with Crippen molar-refractivity contribution in [3.63, 3.8) is 0 Å². The van der Waals surface area contributed by atoms with Crippen molar-refractivity contribution in [1.82, 2.24) is 4.98 Å². The normalized spacial score (nSPS) is 11.4. The van der Waals surface area contributed by atoms with Gasteiger partial charge in [-0.1, -0.05) is 29.5 Å². The van der Waals surface area contributed by atoms with E-state index in [0.717, 1.165) is 21.5 Å². The van der Waals surface area contributed by atoms with Crippen molar-refractivity contribution in [2.45, 2.75) is 6.92 Å². The zero-order valence-electron chi connectivity index (χ0n) is 19.4. The van der Waals surface area contributed by atoms with Crippen molar-refractivity contribution in [2.24, 2.45) is 5.10 Å². The zero-order chi connectivity index (χ0) is 24.5. The van der Waals surface area contributed by atoms with E-state index in [4.69, 9.17) is 4.42 Å². The average Bonchev–Trinajstić information content (AvgIpc) is 3.28. The zero-order valence-corrected chi connectivity index (χ0v) is 20.2. The van der Waals surface area contributed by atoms with Crippen LogP contribution in [0.15, 0.2) is 87.3 Å². The number of hydrazone groups is 1. The van der Waals surface area contributed by atoms with Crippen LogP contribution in [0.4, 0.5) is 10.8 Å². The minimum absolute atomic E-state index is 0.224. The van der Waals surface area contributed by atoms with Gasteiger partial charge in [-0.25, -0.2) is 4.98 Å². The molecule has 174 valence electrons. The highest BCUT2D eigenvalue weighted by Gasteiger charge is 2.21. The number of hydrogen-bond acceptors (Lipinski definition) is 7. The largest absolute Gasteiger partial charge is 0.463 e. The topological polar surface area (TPSA) is 79.0 Å². The molecule has 0 saturated carbocycles. The van der Waals surface area contributed by atoms with Gasteiger partial charge in [0.25, 0.3) is 5.91 Å². The predicted molar refractivity (Wildman–Crippen MR) is 142 cm³/mol. The van der Waals surface area contributed by atoms with Gasteiger partial charge >= 0.3 is 0 Å². The van der Waals surface area contributed by atoms with Crippen molar-refractivity contribution >= 4 is 55.5 Å². The second kappa shape index (κ2) is 9.15. The van der Waals surface area contributed by atoms with Crippen molar-refractivity contribution in [1.29, 1.82) is 0 Å². The predicted octanol–water partition coefficient (Wildman–Crippen LogP) is 5.46. The molecule has 0 fully saturated rings. The Morgan fingerprint density at radius 1 is 1.06 bits per heavy atom. The third-order valence-electron chi connectivity index (χ3n) is 5.56. The molecule has 0 unspecified atom stereocenters. The summed E-state index contributed by atoms with van der Waals surface area (Å²) < 4.78 is 6.54. The lowest BCUT2D eigenvalue weighted by Gasteiger charge is -2.16. The van der Waals surface area contributed by atoms with Crippen molar-refractivity contribution in [2.75, 3.05) is 24.0 Å². The maximum absolute atomic E-state index is 13.6.